The standard InChI is InChI=1S/C18H16N4O3S/c1-12-2-4-13(5-3-12)20-17(23)10-16-11-19-18(26)21(16)14-6-8-15(9-7-14)22(24)25/h2-9,11H,10H2,1H3,(H,19,26)(H,20,23). The molecule has 0 aliphatic carbocycles. The van der Waals surface area contributed by atoms with Crippen LogP contribution in [-0.2, 0) is 11.2 Å². The lowest BCUT2D eigenvalue weighted by molar-refractivity contribution is -0.384. The molecule has 8 heteroatoms. The summed E-state index contributed by atoms with van der Waals surface area (Å²) >= 11 is 5.28. The number of imidazole rings is 1. The predicted octanol–water partition coefficient (Wildman–Crippen LogP) is 3.93. The summed E-state index contributed by atoms with van der Waals surface area (Å²) in [6.45, 7) is 1.98. The molecule has 0 unspecified atom stereocenters. The molecule has 26 heavy (non-hydrogen) atoms. The number of aromatic nitrogens is 2. The van der Waals surface area contributed by atoms with Gasteiger partial charge in [-0.15, -0.1) is 0 Å². The summed E-state index contributed by atoms with van der Waals surface area (Å²) in [4.78, 5) is 25.6. The van der Waals surface area contributed by atoms with Gasteiger partial charge in [0.2, 0.25) is 5.91 Å². The van der Waals surface area contributed by atoms with Crippen molar-refractivity contribution in [3.8, 4) is 5.69 Å². The fourth-order valence-electron chi connectivity index (χ4n) is 2.55. The Bertz CT molecular complexity index is 1000. The van der Waals surface area contributed by atoms with Crippen molar-refractivity contribution in [3.05, 3.63) is 80.9 Å². The first-order valence-corrected chi connectivity index (χ1v) is 8.25. The molecule has 2 N–H and O–H groups in total. The van der Waals surface area contributed by atoms with Crippen LogP contribution in [0.3, 0.4) is 0 Å². The minimum absolute atomic E-state index is 0.00512. The number of nitrogens with one attached hydrogen (secondary N) is 2. The summed E-state index contributed by atoms with van der Waals surface area (Å²) in [6, 6.07) is 13.5. The summed E-state index contributed by atoms with van der Waals surface area (Å²) in [6.07, 6.45) is 1.77. The van der Waals surface area contributed by atoms with E-state index in [1.54, 1.807) is 22.9 Å². The third-order valence-corrected chi connectivity index (χ3v) is 4.15. The maximum atomic E-state index is 12.3. The van der Waals surface area contributed by atoms with E-state index in [-0.39, 0.29) is 18.0 Å². The van der Waals surface area contributed by atoms with Gasteiger partial charge in [-0.2, -0.15) is 0 Å². The van der Waals surface area contributed by atoms with Crippen molar-refractivity contribution in [2.24, 2.45) is 0 Å². The number of carbonyl (C=O) groups excluding carboxylic acids is 1. The van der Waals surface area contributed by atoms with Crippen LogP contribution in [0.4, 0.5) is 11.4 Å². The Labute approximate surface area is 154 Å². The monoisotopic (exact) mass is 368 g/mol. The van der Waals surface area contributed by atoms with Crippen molar-refractivity contribution in [1.29, 1.82) is 0 Å². The number of nitro groups is 1. The maximum Gasteiger partial charge on any atom is 0.269 e. The highest BCUT2D eigenvalue weighted by atomic mass is 32.1. The molecule has 0 radical (unpaired) electrons. The van der Waals surface area contributed by atoms with Gasteiger partial charge >= 0.3 is 0 Å². The number of carbonyl (C=O) groups is 1. The number of non-ortho nitro benzene ring substituents is 1. The van der Waals surface area contributed by atoms with Gasteiger partial charge in [0.25, 0.3) is 5.69 Å². The predicted molar refractivity (Wildman–Crippen MR) is 101 cm³/mol. The van der Waals surface area contributed by atoms with Gasteiger partial charge in [0, 0.05) is 29.7 Å². The molecule has 0 aliphatic heterocycles. The summed E-state index contributed by atoms with van der Waals surface area (Å²) in [5.74, 6) is -0.182. The molecule has 0 saturated heterocycles. The topological polar surface area (TPSA) is 93.0 Å². The molecule has 7 nitrogen and oxygen atoms in total. The van der Waals surface area contributed by atoms with E-state index < -0.39 is 4.92 Å². The second-order valence-corrected chi connectivity index (χ2v) is 6.17. The maximum absolute atomic E-state index is 12.3. The summed E-state index contributed by atoms with van der Waals surface area (Å²) in [7, 11) is 0. The number of rotatable bonds is 5. The first-order chi connectivity index (χ1) is 12.4. The summed E-state index contributed by atoms with van der Waals surface area (Å²) in [5, 5.41) is 13.6. The van der Waals surface area contributed by atoms with E-state index in [1.807, 2.05) is 31.2 Å². The number of hydrogen-bond acceptors (Lipinski definition) is 4. The smallest absolute Gasteiger partial charge is 0.269 e. The Kier molecular flexibility index (Phi) is 4.94. The minimum Gasteiger partial charge on any atom is -0.337 e. The van der Waals surface area contributed by atoms with Crippen LogP contribution in [-0.4, -0.2) is 20.4 Å². The van der Waals surface area contributed by atoms with Crippen LogP contribution >= 0.6 is 12.2 Å². The molecule has 0 saturated carbocycles. The van der Waals surface area contributed by atoms with E-state index in [0.29, 0.717) is 16.2 Å². The fourth-order valence-corrected chi connectivity index (χ4v) is 2.83. The molecule has 0 aliphatic rings. The van der Waals surface area contributed by atoms with E-state index in [2.05, 4.69) is 10.3 Å². The molecule has 0 bridgehead atoms. The second-order valence-electron chi connectivity index (χ2n) is 5.79. The second kappa shape index (κ2) is 7.32. The molecule has 0 atom stereocenters. The van der Waals surface area contributed by atoms with Crippen molar-refractivity contribution >= 4 is 29.5 Å². The van der Waals surface area contributed by atoms with Gasteiger partial charge < -0.3 is 10.3 Å². The minimum atomic E-state index is -0.462. The average molecular weight is 368 g/mol. The molecule has 1 aromatic heterocycles. The molecule has 0 spiro atoms. The molecule has 2 aromatic carbocycles. The third kappa shape index (κ3) is 3.86. The average Bonchev–Trinajstić information content (AvgIpc) is 2.97. The number of anilines is 1. The normalized spacial score (nSPS) is 10.5. The van der Waals surface area contributed by atoms with Gasteiger partial charge in [-0.3, -0.25) is 19.5 Å². The van der Waals surface area contributed by atoms with Gasteiger partial charge in [0.15, 0.2) is 4.77 Å². The van der Waals surface area contributed by atoms with Gasteiger partial charge in [0.1, 0.15) is 0 Å². The highest BCUT2D eigenvalue weighted by Gasteiger charge is 2.13. The molecular formula is C18H16N4O3S. The fraction of sp³-hybridized carbons (Fsp3) is 0.111. The number of H-pyrrole nitrogens is 1. The lowest BCUT2D eigenvalue weighted by Gasteiger charge is -2.09. The molecule has 1 amide bonds. The van der Waals surface area contributed by atoms with Crippen molar-refractivity contribution < 1.29 is 9.72 Å². The Morgan fingerprint density at radius 2 is 1.85 bits per heavy atom. The molecule has 132 valence electrons. The van der Waals surface area contributed by atoms with Crippen molar-refractivity contribution in [2.75, 3.05) is 5.32 Å². The zero-order valence-electron chi connectivity index (χ0n) is 13.9. The van der Waals surface area contributed by atoms with E-state index in [0.717, 1.165) is 11.3 Å². The molecule has 3 rings (SSSR count). The molecule has 0 fully saturated rings. The zero-order valence-corrected chi connectivity index (χ0v) is 14.7. The van der Waals surface area contributed by atoms with Gasteiger partial charge in [-0.05, 0) is 43.4 Å². The zero-order chi connectivity index (χ0) is 18.7. The van der Waals surface area contributed by atoms with E-state index in [9.17, 15) is 14.9 Å². The molecule has 3 aromatic rings. The summed E-state index contributed by atoms with van der Waals surface area (Å²) < 4.78 is 2.10. The lowest BCUT2D eigenvalue weighted by Crippen LogP contribution is -2.16. The largest absolute Gasteiger partial charge is 0.337 e. The first-order valence-electron chi connectivity index (χ1n) is 7.85. The van der Waals surface area contributed by atoms with Gasteiger partial charge in [-0.1, -0.05) is 17.7 Å². The summed E-state index contributed by atoms with van der Waals surface area (Å²) in [5.41, 5.74) is 3.14. The Balaban J connectivity index is 1.81. The van der Waals surface area contributed by atoms with Crippen LogP contribution in [0, 0.1) is 21.8 Å². The van der Waals surface area contributed by atoms with Crippen LogP contribution in [0.25, 0.3) is 5.69 Å². The quantitative estimate of drug-likeness (QED) is 0.405. The first kappa shape index (κ1) is 17.6. The van der Waals surface area contributed by atoms with Crippen LogP contribution in [0.5, 0.6) is 0 Å². The number of nitrogens with zero attached hydrogens (tertiary/aromatic N) is 2. The van der Waals surface area contributed by atoms with Crippen LogP contribution in [0.15, 0.2) is 54.7 Å². The number of aromatic amines is 1. The number of hydrogen-bond donors (Lipinski definition) is 2. The van der Waals surface area contributed by atoms with E-state index in [1.165, 1.54) is 12.1 Å². The van der Waals surface area contributed by atoms with Crippen molar-refractivity contribution in [3.63, 3.8) is 0 Å². The van der Waals surface area contributed by atoms with E-state index >= 15 is 0 Å². The van der Waals surface area contributed by atoms with Crippen LogP contribution in [0.2, 0.25) is 0 Å². The number of nitro benzene ring substituents is 1. The van der Waals surface area contributed by atoms with Crippen molar-refractivity contribution in [2.45, 2.75) is 13.3 Å². The van der Waals surface area contributed by atoms with Crippen LogP contribution in [0.1, 0.15) is 11.3 Å². The lowest BCUT2D eigenvalue weighted by atomic mass is 10.2. The van der Waals surface area contributed by atoms with Gasteiger partial charge in [0.05, 0.1) is 17.0 Å². The third-order valence-electron chi connectivity index (χ3n) is 3.85. The highest BCUT2D eigenvalue weighted by molar-refractivity contribution is 7.71. The number of aryl methyl sites for hydroxylation is 1. The van der Waals surface area contributed by atoms with Crippen LogP contribution < -0.4 is 5.32 Å². The molecule has 1 heterocycles. The SMILES string of the molecule is Cc1ccc(NC(=O)Cc2c[nH]c(=S)n2-c2ccc([N+](=O)[O-])cc2)cc1. The number of benzene rings is 2. The Morgan fingerprint density at radius 1 is 1.19 bits per heavy atom. The Morgan fingerprint density at radius 3 is 2.46 bits per heavy atom. The van der Waals surface area contributed by atoms with Gasteiger partial charge in [-0.25, -0.2) is 0 Å². The highest BCUT2D eigenvalue weighted by Crippen LogP contribution is 2.18. The molecular weight excluding hydrogens is 352 g/mol. The van der Waals surface area contributed by atoms with Crippen molar-refractivity contribution in [1.82, 2.24) is 9.55 Å². The Hall–Kier alpha value is -3.26. The van der Waals surface area contributed by atoms with E-state index in [4.69, 9.17) is 12.2 Å². The number of amides is 1.